The van der Waals surface area contributed by atoms with Crippen LogP contribution in [0.5, 0.6) is 0 Å². The topological polar surface area (TPSA) is 54.4 Å². The first-order chi connectivity index (χ1) is 11.1. The van der Waals surface area contributed by atoms with Crippen LogP contribution in [0.1, 0.15) is 15.9 Å². The van der Waals surface area contributed by atoms with E-state index in [9.17, 15) is 4.79 Å². The Morgan fingerprint density at radius 1 is 1.17 bits per heavy atom. The van der Waals surface area contributed by atoms with Crippen LogP contribution in [0.3, 0.4) is 0 Å². The first kappa shape index (κ1) is 15.6. The van der Waals surface area contributed by atoms with Crippen molar-refractivity contribution in [2.45, 2.75) is 0 Å². The third kappa shape index (κ3) is 3.57. The number of amides is 1. The smallest absolute Gasteiger partial charge is 0.267 e. The summed E-state index contributed by atoms with van der Waals surface area (Å²) in [6, 6.07) is 16.6. The van der Waals surface area contributed by atoms with E-state index >= 15 is 0 Å². The fourth-order valence-corrected chi connectivity index (χ4v) is 2.72. The van der Waals surface area contributed by atoms with Gasteiger partial charge in [-0.15, -0.1) is 0 Å². The summed E-state index contributed by atoms with van der Waals surface area (Å²) in [6.45, 7) is 0. The molecule has 0 unspecified atom stereocenters. The fraction of sp³-hybridized carbons (Fsp3) is 0. The van der Waals surface area contributed by atoms with Crippen LogP contribution in [-0.2, 0) is 0 Å². The molecular weight excluding hydrogens is 378 g/mol. The van der Waals surface area contributed by atoms with Gasteiger partial charge in [-0.3, -0.25) is 4.79 Å². The van der Waals surface area contributed by atoms with Crippen molar-refractivity contribution in [3.05, 3.63) is 75.4 Å². The molecule has 1 amide bonds. The number of hydrogen-bond acceptors (Lipinski definition) is 3. The van der Waals surface area contributed by atoms with Gasteiger partial charge in [0.1, 0.15) is 5.15 Å². The number of hydrazone groups is 1. The first-order valence-electron chi connectivity index (χ1n) is 6.78. The standard InChI is InChI=1S/C17H11BrClN3O/c18-14-7-3-2-6-13(14)17(23)22-20-10-12-9-11-5-1-4-8-15(11)21-16(12)19/h1-10H,(H,22,23)/b20-10+. The normalized spacial score (nSPS) is 11.0. The molecule has 23 heavy (non-hydrogen) atoms. The number of carbonyl (C=O) groups is 1. The number of rotatable bonds is 3. The molecule has 0 fully saturated rings. The van der Waals surface area contributed by atoms with Crippen LogP contribution < -0.4 is 5.43 Å². The lowest BCUT2D eigenvalue weighted by Crippen LogP contribution is -2.18. The monoisotopic (exact) mass is 387 g/mol. The van der Waals surface area contributed by atoms with Crippen LogP contribution in [0.2, 0.25) is 5.15 Å². The van der Waals surface area contributed by atoms with Crippen LogP contribution in [0.4, 0.5) is 0 Å². The van der Waals surface area contributed by atoms with Gasteiger partial charge in [0, 0.05) is 15.4 Å². The van der Waals surface area contributed by atoms with Gasteiger partial charge in [-0.25, -0.2) is 10.4 Å². The lowest BCUT2D eigenvalue weighted by atomic mass is 10.2. The summed E-state index contributed by atoms with van der Waals surface area (Å²) < 4.78 is 0.707. The number of fused-ring (bicyclic) bond motifs is 1. The zero-order valence-corrected chi connectivity index (χ0v) is 14.2. The largest absolute Gasteiger partial charge is 0.272 e. The maximum absolute atomic E-state index is 12.0. The van der Waals surface area contributed by atoms with Gasteiger partial charge in [0.2, 0.25) is 0 Å². The molecule has 0 bridgehead atoms. The first-order valence-corrected chi connectivity index (χ1v) is 7.95. The number of nitrogens with one attached hydrogen (secondary N) is 1. The number of carbonyl (C=O) groups excluding carboxylic acids is 1. The molecule has 0 aliphatic heterocycles. The molecule has 0 aliphatic rings. The van der Waals surface area contributed by atoms with E-state index in [1.807, 2.05) is 36.4 Å². The summed E-state index contributed by atoms with van der Waals surface area (Å²) in [4.78, 5) is 16.3. The molecule has 4 nitrogen and oxygen atoms in total. The molecule has 1 heterocycles. The zero-order chi connectivity index (χ0) is 16.2. The van der Waals surface area contributed by atoms with Gasteiger partial charge >= 0.3 is 0 Å². The molecule has 2 aromatic carbocycles. The molecule has 3 rings (SSSR count). The van der Waals surface area contributed by atoms with Gasteiger partial charge in [-0.1, -0.05) is 41.9 Å². The summed E-state index contributed by atoms with van der Waals surface area (Å²) in [5, 5.41) is 5.25. The van der Waals surface area contributed by atoms with Gasteiger partial charge in [-0.05, 0) is 40.2 Å². The average molecular weight is 389 g/mol. The number of benzene rings is 2. The maximum atomic E-state index is 12.0. The molecule has 0 saturated heterocycles. The number of hydrogen-bond donors (Lipinski definition) is 1. The molecule has 114 valence electrons. The Hall–Kier alpha value is -2.24. The molecule has 3 aromatic rings. The minimum Gasteiger partial charge on any atom is -0.267 e. The summed E-state index contributed by atoms with van der Waals surface area (Å²) in [5.74, 6) is -0.307. The molecule has 6 heteroatoms. The molecular formula is C17H11BrClN3O. The van der Waals surface area contributed by atoms with Crippen LogP contribution in [0.15, 0.2) is 64.2 Å². The Kier molecular flexibility index (Phi) is 4.69. The number of para-hydroxylation sites is 1. The molecule has 0 radical (unpaired) electrons. The Morgan fingerprint density at radius 3 is 2.74 bits per heavy atom. The van der Waals surface area contributed by atoms with E-state index in [0.29, 0.717) is 20.8 Å². The number of aromatic nitrogens is 1. The van der Waals surface area contributed by atoms with Crippen molar-refractivity contribution in [2.75, 3.05) is 0 Å². The molecule has 0 spiro atoms. The highest BCUT2D eigenvalue weighted by atomic mass is 79.9. The van der Waals surface area contributed by atoms with Crippen molar-refractivity contribution < 1.29 is 4.79 Å². The summed E-state index contributed by atoms with van der Waals surface area (Å²) in [7, 11) is 0. The lowest BCUT2D eigenvalue weighted by molar-refractivity contribution is 0.0954. The maximum Gasteiger partial charge on any atom is 0.272 e. The number of nitrogens with zero attached hydrogens (tertiary/aromatic N) is 2. The summed E-state index contributed by atoms with van der Waals surface area (Å²) >= 11 is 9.47. The van der Waals surface area contributed by atoms with Crippen LogP contribution in [0, 0.1) is 0 Å². The fourth-order valence-electron chi connectivity index (χ4n) is 2.07. The highest BCUT2D eigenvalue weighted by molar-refractivity contribution is 9.10. The third-order valence-corrected chi connectivity index (χ3v) is 4.19. The van der Waals surface area contributed by atoms with E-state index in [0.717, 1.165) is 10.9 Å². The Bertz CT molecular complexity index is 911. The van der Waals surface area contributed by atoms with Gasteiger partial charge < -0.3 is 0 Å². The Labute approximate surface area is 146 Å². The number of pyridine rings is 1. The number of halogens is 2. The van der Waals surface area contributed by atoms with Gasteiger partial charge in [0.05, 0.1) is 17.3 Å². The second-order valence-electron chi connectivity index (χ2n) is 4.74. The molecule has 0 atom stereocenters. The van der Waals surface area contributed by atoms with E-state index in [1.54, 1.807) is 18.2 Å². The van der Waals surface area contributed by atoms with Gasteiger partial charge in [0.15, 0.2) is 0 Å². The molecule has 1 aromatic heterocycles. The predicted octanol–water partition coefficient (Wildman–Crippen LogP) is 4.41. The molecule has 0 aliphatic carbocycles. The SMILES string of the molecule is O=C(N/N=C/c1cc2ccccc2nc1Cl)c1ccccc1Br. The van der Waals surface area contributed by atoms with Crippen molar-refractivity contribution in [1.82, 2.24) is 10.4 Å². The van der Waals surface area contributed by atoms with E-state index < -0.39 is 0 Å². The summed E-state index contributed by atoms with van der Waals surface area (Å²) in [6.07, 6.45) is 1.48. The average Bonchev–Trinajstić information content (AvgIpc) is 2.55. The third-order valence-electron chi connectivity index (χ3n) is 3.19. The second kappa shape index (κ2) is 6.89. The van der Waals surface area contributed by atoms with E-state index in [2.05, 4.69) is 31.4 Å². The van der Waals surface area contributed by atoms with Crippen LogP contribution in [-0.4, -0.2) is 17.1 Å². The Morgan fingerprint density at radius 2 is 1.91 bits per heavy atom. The van der Waals surface area contributed by atoms with Crippen molar-refractivity contribution in [3.8, 4) is 0 Å². The van der Waals surface area contributed by atoms with Gasteiger partial charge in [-0.2, -0.15) is 5.10 Å². The second-order valence-corrected chi connectivity index (χ2v) is 5.95. The Balaban J connectivity index is 1.79. The minimum atomic E-state index is -0.307. The van der Waals surface area contributed by atoms with Gasteiger partial charge in [0.25, 0.3) is 5.91 Å². The molecule has 1 N–H and O–H groups in total. The molecule has 0 saturated carbocycles. The van der Waals surface area contributed by atoms with Crippen LogP contribution >= 0.6 is 27.5 Å². The van der Waals surface area contributed by atoms with Crippen molar-refractivity contribution in [3.63, 3.8) is 0 Å². The van der Waals surface area contributed by atoms with E-state index in [1.165, 1.54) is 6.21 Å². The van der Waals surface area contributed by atoms with E-state index in [-0.39, 0.29) is 5.91 Å². The predicted molar refractivity (Wildman–Crippen MR) is 96.0 cm³/mol. The van der Waals surface area contributed by atoms with Crippen LogP contribution in [0.25, 0.3) is 10.9 Å². The summed E-state index contributed by atoms with van der Waals surface area (Å²) in [5.41, 5.74) is 4.43. The lowest BCUT2D eigenvalue weighted by Gasteiger charge is -2.03. The zero-order valence-electron chi connectivity index (χ0n) is 11.8. The van der Waals surface area contributed by atoms with Crippen molar-refractivity contribution in [1.29, 1.82) is 0 Å². The van der Waals surface area contributed by atoms with Crippen molar-refractivity contribution in [2.24, 2.45) is 5.10 Å². The quantitative estimate of drug-likeness (QED) is 0.410. The highest BCUT2D eigenvalue weighted by Gasteiger charge is 2.08. The minimum absolute atomic E-state index is 0.307. The van der Waals surface area contributed by atoms with Crippen molar-refractivity contribution >= 4 is 50.6 Å². The highest BCUT2D eigenvalue weighted by Crippen LogP contribution is 2.19. The van der Waals surface area contributed by atoms with E-state index in [4.69, 9.17) is 11.6 Å².